The third kappa shape index (κ3) is 5.38. The number of benzene rings is 2. The minimum absolute atomic E-state index is 0.0674. The first-order chi connectivity index (χ1) is 13.9. The molecule has 0 aliphatic heterocycles. The standard InChI is InChI=1S/C23H28N2O4/c1-6-10-17-13-18(14-20(28-4)22(17)29-5)23(27)25(3)15-21(26)24-19-12-9-8-11-16(19)7-2/h6,8-9,11-14H,1,7,10,15H2,2-5H3,(H,24,26). The van der Waals surface area contributed by atoms with Crippen LogP contribution < -0.4 is 14.8 Å². The molecule has 154 valence electrons. The Bertz CT molecular complexity index is 892. The van der Waals surface area contributed by atoms with E-state index in [2.05, 4.69) is 11.9 Å². The van der Waals surface area contributed by atoms with Gasteiger partial charge >= 0.3 is 0 Å². The van der Waals surface area contributed by atoms with Crippen LogP contribution in [0.4, 0.5) is 5.69 Å². The lowest BCUT2D eigenvalue weighted by atomic mass is 10.0. The van der Waals surface area contributed by atoms with Gasteiger partial charge in [0.15, 0.2) is 11.5 Å². The molecule has 0 aromatic heterocycles. The van der Waals surface area contributed by atoms with Gasteiger partial charge in [-0.1, -0.05) is 31.2 Å². The molecule has 2 rings (SSSR count). The van der Waals surface area contributed by atoms with Gasteiger partial charge < -0.3 is 19.7 Å². The largest absolute Gasteiger partial charge is 0.493 e. The van der Waals surface area contributed by atoms with Crippen molar-refractivity contribution in [3.8, 4) is 11.5 Å². The number of ether oxygens (including phenoxy) is 2. The summed E-state index contributed by atoms with van der Waals surface area (Å²) in [5, 5.41) is 2.88. The molecule has 0 saturated carbocycles. The molecule has 2 aromatic rings. The van der Waals surface area contributed by atoms with Crippen molar-refractivity contribution in [3.05, 3.63) is 65.7 Å². The van der Waals surface area contributed by atoms with E-state index in [1.54, 1.807) is 32.4 Å². The normalized spacial score (nSPS) is 10.2. The van der Waals surface area contributed by atoms with Crippen LogP contribution >= 0.6 is 0 Å². The van der Waals surface area contributed by atoms with E-state index in [1.807, 2.05) is 31.2 Å². The van der Waals surface area contributed by atoms with E-state index in [1.165, 1.54) is 12.0 Å². The van der Waals surface area contributed by atoms with E-state index in [9.17, 15) is 9.59 Å². The zero-order valence-corrected chi connectivity index (χ0v) is 17.5. The summed E-state index contributed by atoms with van der Waals surface area (Å²) in [6.45, 7) is 5.70. The number of methoxy groups -OCH3 is 2. The monoisotopic (exact) mass is 396 g/mol. The molecular weight excluding hydrogens is 368 g/mol. The van der Waals surface area contributed by atoms with Gasteiger partial charge in [0, 0.05) is 23.9 Å². The van der Waals surface area contributed by atoms with Crippen molar-refractivity contribution in [2.24, 2.45) is 0 Å². The van der Waals surface area contributed by atoms with Crippen LogP contribution in [-0.2, 0) is 17.6 Å². The minimum atomic E-state index is -0.282. The summed E-state index contributed by atoms with van der Waals surface area (Å²) in [6, 6.07) is 11.0. The van der Waals surface area contributed by atoms with Crippen LogP contribution in [0.5, 0.6) is 11.5 Å². The van der Waals surface area contributed by atoms with Crippen LogP contribution in [-0.4, -0.2) is 44.5 Å². The predicted octanol–water partition coefficient (Wildman–Crippen LogP) is 3.71. The molecule has 1 N–H and O–H groups in total. The number of likely N-dealkylation sites (N-methyl/N-ethyl adjacent to an activating group) is 1. The zero-order valence-electron chi connectivity index (χ0n) is 17.5. The van der Waals surface area contributed by atoms with Crippen molar-refractivity contribution in [1.82, 2.24) is 4.90 Å². The molecule has 0 unspecified atom stereocenters. The maximum absolute atomic E-state index is 12.9. The molecule has 0 radical (unpaired) electrons. The molecule has 0 fully saturated rings. The summed E-state index contributed by atoms with van der Waals surface area (Å²) in [6.07, 6.45) is 3.06. The van der Waals surface area contributed by atoms with Gasteiger partial charge in [-0.05, 0) is 36.6 Å². The first kappa shape index (κ1) is 22.0. The summed E-state index contributed by atoms with van der Waals surface area (Å²) in [5.41, 5.74) is 3.02. The van der Waals surface area contributed by atoms with Gasteiger partial charge in [0.05, 0.1) is 20.8 Å². The number of nitrogens with one attached hydrogen (secondary N) is 1. The lowest BCUT2D eigenvalue weighted by Crippen LogP contribution is -2.35. The van der Waals surface area contributed by atoms with Gasteiger partial charge in [0.1, 0.15) is 0 Å². The fourth-order valence-electron chi connectivity index (χ4n) is 3.12. The van der Waals surface area contributed by atoms with Crippen molar-refractivity contribution in [2.75, 3.05) is 33.1 Å². The van der Waals surface area contributed by atoms with Gasteiger partial charge in [-0.25, -0.2) is 0 Å². The smallest absolute Gasteiger partial charge is 0.254 e. The van der Waals surface area contributed by atoms with Crippen LogP contribution in [0.2, 0.25) is 0 Å². The number of carbonyl (C=O) groups is 2. The van der Waals surface area contributed by atoms with Gasteiger partial charge in [0.25, 0.3) is 5.91 Å². The third-order valence-corrected chi connectivity index (χ3v) is 4.57. The van der Waals surface area contributed by atoms with E-state index in [0.717, 1.165) is 23.2 Å². The van der Waals surface area contributed by atoms with Gasteiger partial charge in [0.2, 0.25) is 5.91 Å². The number of anilines is 1. The molecule has 2 amide bonds. The lowest BCUT2D eigenvalue weighted by molar-refractivity contribution is -0.116. The number of amides is 2. The first-order valence-corrected chi connectivity index (χ1v) is 9.44. The highest BCUT2D eigenvalue weighted by molar-refractivity contribution is 6.00. The summed E-state index contributed by atoms with van der Waals surface area (Å²) in [5.74, 6) is 0.495. The predicted molar refractivity (Wildman–Crippen MR) is 115 cm³/mol. The number of nitrogens with zero attached hydrogens (tertiary/aromatic N) is 1. The zero-order chi connectivity index (χ0) is 21.4. The van der Waals surface area contributed by atoms with Crippen LogP contribution in [0.1, 0.15) is 28.4 Å². The molecule has 0 aliphatic rings. The average Bonchev–Trinajstić information content (AvgIpc) is 2.72. The minimum Gasteiger partial charge on any atom is -0.493 e. The van der Waals surface area contributed by atoms with E-state index in [0.29, 0.717) is 23.5 Å². The fraction of sp³-hybridized carbons (Fsp3) is 0.304. The number of hydrogen-bond acceptors (Lipinski definition) is 4. The van der Waals surface area contributed by atoms with Gasteiger partial charge in [-0.15, -0.1) is 6.58 Å². The van der Waals surface area contributed by atoms with Crippen molar-refractivity contribution in [2.45, 2.75) is 19.8 Å². The Morgan fingerprint density at radius 1 is 1.14 bits per heavy atom. The maximum atomic E-state index is 12.9. The molecule has 29 heavy (non-hydrogen) atoms. The quantitative estimate of drug-likeness (QED) is 0.656. The maximum Gasteiger partial charge on any atom is 0.254 e. The molecule has 0 spiro atoms. The Labute approximate surface area is 172 Å². The van der Waals surface area contributed by atoms with Crippen molar-refractivity contribution >= 4 is 17.5 Å². The SMILES string of the molecule is C=CCc1cc(C(=O)N(C)CC(=O)Nc2ccccc2CC)cc(OC)c1OC. The Kier molecular flexibility index (Phi) is 7.83. The third-order valence-electron chi connectivity index (χ3n) is 4.57. The number of para-hydroxylation sites is 1. The summed E-state index contributed by atoms with van der Waals surface area (Å²) in [4.78, 5) is 26.7. The summed E-state index contributed by atoms with van der Waals surface area (Å²) < 4.78 is 10.8. The van der Waals surface area contributed by atoms with Crippen LogP contribution in [0.3, 0.4) is 0 Å². The molecular formula is C23H28N2O4. The van der Waals surface area contributed by atoms with Crippen LogP contribution in [0, 0.1) is 0 Å². The highest BCUT2D eigenvalue weighted by Gasteiger charge is 2.20. The van der Waals surface area contributed by atoms with E-state index in [4.69, 9.17) is 9.47 Å². The molecule has 0 atom stereocenters. The Morgan fingerprint density at radius 2 is 1.86 bits per heavy atom. The van der Waals surface area contributed by atoms with Crippen molar-refractivity contribution < 1.29 is 19.1 Å². The second-order valence-corrected chi connectivity index (χ2v) is 6.58. The van der Waals surface area contributed by atoms with Gasteiger partial charge in [-0.3, -0.25) is 9.59 Å². The molecule has 6 heteroatoms. The van der Waals surface area contributed by atoms with Crippen LogP contribution in [0.25, 0.3) is 0 Å². The van der Waals surface area contributed by atoms with Crippen LogP contribution in [0.15, 0.2) is 49.1 Å². The number of rotatable bonds is 9. The molecule has 0 bridgehead atoms. The van der Waals surface area contributed by atoms with Crippen molar-refractivity contribution in [3.63, 3.8) is 0 Å². The molecule has 0 aliphatic carbocycles. The lowest BCUT2D eigenvalue weighted by Gasteiger charge is -2.19. The Hall–Kier alpha value is -3.28. The highest BCUT2D eigenvalue weighted by Crippen LogP contribution is 2.33. The number of hydrogen-bond donors (Lipinski definition) is 1. The number of aryl methyl sites for hydroxylation is 1. The second-order valence-electron chi connectivity index (χ2n) is 6.58. The molecule has 0 saturated heterocycles. The molecule has 0 heterocycles. The Balaban J connectivity index is 2.17. The topological polar surface area (TPSA) is 67.9 Å². The van der Waals surface area contributed by atoms with E-state index >= 15 is 0 Å². The van der Waals surface area contributed by atoms with Gasteiger partial charge in [-0.2, -0.15) is 0 Å². The summed E-state index contributed by atoms with van der Waals surface area (Å²) in [7, 11) is 4.67. The highest BCUT2D eigenvalue weighted by atomic mass is 16.5. The Morgan fingerprint density at radius 3 is 2.48 bits per heavy atom. The van der Waals surface area contributed by atoms with Crippen molar-refractivity contribution in [1.29, 1.82) is 0 Å². The number of carbonyl (C=O) groups excluding carboxylic acids is 2. The second kappa shape index (κ2) is 10.3. The summed E-state index contributed by atoms with van der Waals surface area (Å²) >= 11 is 0. The van der Waals surface area contributed by atoms with E-state index < -0.39 is 0 Å². The van der Waals surface area contributed by atoms with E-state index in [-0.39, 0.29) is 18.4 Å². The number of allylic oxidation sites excluding steroid dienone is 1. The average molecular weight is 396 g/mol. The molecule has 2 aromatic carbocycles. The fourth-order valence-corrected chi connectivity index (χ4v) is 3.12. The first-order valence-electron chi connectivity index (χ1n) is 9.44. The molecule has 6 nitrogen and oxygen atoms in total.